The lowest BCUT2D eigenvalue weighted by molar-refractivity contribution is -0.111. The summed E-state index contributed by atoms with van der Waals surface area (Å²) in [5.41, 5.74) is 1.74. The zero-order valence-electron chi connectivity index (χ0n) is 14.9. The minimum atomic E-state index is -0.154. The highest BCUT2D eigenvalue weighted by atomic mass is 16.5. The molecule has 4 nitrogen and oxygen atoms in total. The number of amides is 1. The van der Waals surface area contributed by atoms with Crippen molar-refractivity contribution in [3.63, 3.8) is 0 Å². The molecule has 0 saturated carbocycles. The highest BCUT2D eigenvalue weighted by Gasteiger charge is 2.01. The van der Waals surface area contributed by atoms with E-state index in [9.17, 15) is 4.79 Å². The van der Waals surface area contributed by atoms with Gasteiger partial charge in [-0.2, -0.15) is 0 Å². The van der Waals surface area contributed by atoms with Gasteiger partial charge in [-0.3, -0.25) is 4.79 Å². The molecule has 0 aliphatic rings. The van der Waals surface area contributed by atoms with Crippen molar-refractivity contribution in [2.24, 2.45) is 0 Å². The van der Waals surface area contributed by atoms with Crippen molar-refractivity contribution < 1.29 is 9.53 Å². The molecular weight excluding hydrogens is 312 g/mol. The smallest absolute Gasteiger partial charge is 0.248 e. The summed E-state index contributed by atoms with van der Waals surface area (Å²) >= 11 is 0. The minimum Gasteiger partial charge on any atom is -0.492 e. The first-order chi connectivity index (χ1) is 12.2. The number of nitrogens with one attached hydrogen (secondary N) is 1. The summed E-state index contributed by atoms with van der Waals surface area (Å²) in [6.45, 7) is 7.92. The molecule has 132 valence electrons. The van der Waals surface area contributed by atoms with Crippen LogP contribution in [0.1, 0.15) is 19.4 Å². The van der Waals surface area contributed by atoms with E-state index in [1.807, 2.05) is 54.6 Å². The minimum absolute atomic E-state index is 0.154. The number of carbonyl (C=O) groups excluding carboxylic acids is 1. The normalized spacial score (nSPS) is 11.0. The van der Waals surface area contributed by atoms with Crippen LogP contribution in [0.25, 0.3) is 6.08 Å². The van der Waals surface area contributed by atoms with Gasteiger partial charge < -0.3 is 15.0 Å². The Morgan fingerprint density at radius 3 is 2.36 bits per heavy atom. The van der Waals surface area contributed by atoms with Gasteiger partial charge in [-0.15, -0.1) is 0 Å². The van der Waals surface area contributed by atoms with Crippen molar-refractivity contribution in [2.75, 3.05) is 31.6 Å². The van der Waals surface area contributed by atoms with Gasteiger partial charge in [0.1, 0.15) is 12.4 Å². The zero-order chi connectivity index (χ0) is 17.9. The molecule has 0 spiro atoms. The maximum absolute atomic E-state index is 11.9. The topological polar surface area (TPSA) is 41.6 Å². The first-order valence-corrected chi connectivity index (χ1v) is 8.70. The fraction of sp³-hybridized carbons (Fsp3) is 0.286. The molecule has 0 atom stereocenters. The summed E-state index contributed by atoms with van der Waals surface area (Å²) in [6.07, 6.45) is 3.32. The molecule has 0 heterocycles. The van der Waals surface area contributed by atoms with Gasteiger partial charge in [0.25, 0.3) is 0 Å². The van der Waals surface area contributed by atoms with Crippen molar-refractivity contribution in [3.05, 3.63) is 66.2 Å². The molecule has 2 rings (SSSR count). The number of anilines is 1. The van der Waals surface area contributed by atoms with Gasteiger partial charge in [0.15, 0.2) is 0 Å². The van der Waals surface area contributed by atoms with E-state index >= 15 is 0 Å². The van der Waals surface area contributed by atoms with Crippen LogP contribution in [-0.2, 0) is 4.79 Å². The molecule has 0 aliphatic heterocycles. The summed E-state index contributed by atoms with van der Waals surface area (Å²) in [7, 11) is 0. The zero-order valence-corrected chi connectivity index (χ0v) is 14.9. The van der Waals surface area contributed by atoms with Crippen LogP contribution < -0.4 is 10.1 Å². The molecule has 0 radical (unpaired) electrons. The van der Waals surface area contributed by atoms with Crippen LogP contribution in [0.4, 0.5) is 5.69 Å². The summed E-state index contributed by atoms with van der Waals surface area (Å²) in [5.74, 6) is 0.657. The average molecular weight is 338 g/mol. The van der Waals surface area contributed by atoms with E-state index in [4.69, 9.17) is 4.74 Å². The predicted molar refractivity (Wildman–Crippen MR) is 104 cm³/mol. The maximum atomic E-state index is 11.9. The molecule has 0 saturated heterocycles. The lowest BCUT2D eigenvalue weighted by atomic mass is 10.2. The van der Waals surface area contributed by atoms with Crippen molar-refractivity contribution in [2.45, 2.75) is 13.8 Å². The summed E-state index contributed by atoms with van der Waals surface area (Å²) in [5, 5.41) is 2.84. The van der Waals surface area contributed by atoms with Crippen LogP contribution in [0.3, 0.4) is 0 Å². The van der Waals surface area contributed by atoms with E-state index in [1.54, 1.807) is 6.08 Å². The summed E-state index contributed by atoms with van der Waals surface area (Å²) < 4.78 is 5.74. The third-order valence-electron chi connectivity index (χ3n) is 3.92. The maximum Gasteiger partial charge on any atom is 0.248 e. The van der Waals surface area contributed by atoms with Gasteiger partial charge >= 0.3 is 0 Å². The largest absolute Gasteiger partial charge is 0.492 e. The molecule has 2 aromatic carbocycles. The van der Waals surface area contributed by atoms with E-state index in [1.165, 1.54) is 6.08 Å². The number of rotatable bonds is 9. The van der Waals surface area contributed by atoms with Gasteiger partial charge in [0, 0.05) is 18.3 Å². The molecule has 0 fully saturated rings. The number of hydrogen-bond donors (Lipinski definition) is 1. The van der Waals surface area contributed by atoms with E-state index in [-0.39, 0.29) is 5.91 Å². The lowest BCUT2D eigenvalue weighted by Crippen LogP contribution is -2.27. The van der Waals surface area contributed by atoms with Crippen molar-refractivity contribution in [1.82, 2.24) is 4.90 Å². The van der Waals surface area contributed by atoms with E-state index < -0.39 is 0 Å². The number of nitrogens with zero attached hydrogens (tertiary/aromatic N) is 1. The molecule has 0 aromatic heterocycles. The molecule has 1 N–H and O–H groups in total. The number of benzene rings is 2. The quantitative estimate of drug-likeness (QED) is 0.701. The van der Waals surface area contributed by atoms with E-state index in [2.05, 4.69) is 24.1 Å². The molecule has 0 unspecified atom stereocenters. The number of ether oxygens (including phenoxy) is 1. The second-order valence-corrected chi connectivity index (χ2v) is 5.63. The van der Waals surface area contributed by atoms with Crippen LogP contribution in [0.15, 0.2) is 60.7 Å². The van der Waals surface area contributed by atoms with Gasteiger partial charge in [-0.05, 0) is 49.0 Å². The Morgan fingerprint density at radius 2 is 1.72 bits per heavy atom. The molecule has 4 heteroatoms. The van der Waals surface area contributed by atoms with Gasteiger partial charge in [0.05, 0.1) is 0 Å². The highest BCUT2D eigenvalue weighted by Crippen LogP contribution is 2.16. The Labute approximate surface area is 150 Å². The Hall–Kier alpha value is -2.59. The Kier molecular flexibility index (Phi) is 7.73. The molecule has 25 heavy (non-hydrogen) atoms. The van der Waals surface area contributed by atoms with Crippen LogP contribution >= 0.6 is 0 Å². The molecule has 0 bridgehead atoms. The van der Waals surface area contributed by atoms with Crippen molar-refractivity contribution in [3.8, 4) is 5.75 Å². The molecule has 2 aromatic rings. The van der Waals surface area contributed by atoms with Gasteiger partial charge in [0.2, 0.25) is 5.91 Å². The molecule has 0 aliphatic carbocycles. The Morgan fingerprint density at radius 1 is 1.04 bits per heavy atom. The van der Waals surface area contributed by atoms with Crippen molar-refractivity contribution >= 4 is 17.7 Å². The fourth-order valence-corrected chi connectivity index (χ4v) is 2.39. The number of carbonyl (C=O) groups is 1. The third-order valence-corrected chi connectivity index (χ3v) is 3.92. The SMILES string of the molecule is CCN(CC)CCOc1ccc(NC(=O)/C=C\c2ccccc2)cc1. The second kappa shape index (κ2) is 10.3. The first-order valence-electron chi connectivity index (χ1n) is 8.70. The summed E-state index contributed by atoms with van der Waals surface area (Å²) in [6, 6.07) is 17.2. The Bertz CT molecular complexity index is 662. The number of likely N-dealkylation sites (N-methyl/N-ethyl adjacent to an activating group) is 1. The van der Waals surface area contributed by atoms with Crippen LogP contribution in [0.2, 0.25) is 0 Å². The standard InChI is InChI=1S/C21H26N2O2/c1-3-23(4-2)16-17-25-20-13-11-19(12-14-20)22-21(24)15-10-18-8-6-5-7-9-18/h5-15H,3-4,16-17H2,1-2H3,(H,22,24)/b15-10-. The van der Waals surface area contributed by atoms with E-state index in [0.717, 1.165) is 36.6 Å². The second-order valence-electron chi connectivity index (χ2n) is 5.63. The van der Waals surface area contributed by atoms with Crippen LogP contribution in [0.5, 0.6) is 5.75 Å². The van der Waals surface area contributed by atoms with Crippen LogP contribution in [-0.4, -0.2) is 37.0 Å². The van der Waals surface area contributed by atoms with Gasteiger partial charge in [-0.25, -0.2) is 0 Å². The van der Waals surface area contributed by atoms with Crippen molar-refractivity contribution in [1.29, 1.82) is 0 Å². The number of hydrogen-bond acceptors (Lipinski definition) is 3. The molecular formula is C21H26N2O2. The highest BCUT2D eigenvalue weighted by molar-refractivity contribution is 6.01. The van der Waals surface area contributed by atoms with Crippen LogP contribution in [0, 0.1) is 0 Å². The van der Waals surface area contributed by atoms with E-state index in [0.29, 0.717) is 6.61 Å². The predicted octanol–water partition coefficient (Wildman–Crippen LogP) is 4.06. The first kappa shape index (κ1) is 18.7. The third kappa shape index (κ3) is 6.81. The average Bonchev–Trinajstić information content (AvgIpc) is 2.66. The lowest BCUT2D eigenvalue weighted by Gasteiger charge is -2.18. The van der Waals surface area contributed by atoms with Gasteiger partial charge in [-0.1, -0.05) is 44.2 Å². The summed E-state index contributed by atoms with van der Waals surface area (Å²) in [4.78, 5) is 14.3. The Balaban J connectivity index is 1.79. The monoisotopic (exact) mass is 338 g/mol. The molecule has 1 amide bonds. The fourth-order valence-electron chi connectivity index (χ4n) is 2.39.